The van der Waals surface area contributed by atoms with Crippen molar-refractivity contribution in [3.8, 4) is 10.6 Å². The molecule has 0 unspecified atom stereocenters. The van der Waals surface area contributed by atoms with Gasteiger partial charge in [0.25, 0.3) is 0 Å². The average molecular weight is 324 g/mol. The maximum Gasteiger partial charge on any atom is 0.183 e. The number of nitrogens with zero attached hydrogens (tertiary/aromatic N) is 2. The second kappa shape index (κ2) is 7.92. The number of unbranched alkanes of at least 4 members (excludes halogenated alkanes) is 1. The molecule has 2 heterocycles. The normalized spacial score (nSPS) is 11.3. The SMILES string of the molecule is CCCCN(C)Cc1sc(NC)nc1-c1cc(CC)cs1. The molecule has 2 aromatic rings. The molecule has 0 spiro atoms. The number of thiazole rings is 1. The first-order valence-electron chi connectivity index (χ1n) is 7.61. The summed E-state index contributed by atoms with van der Waals surface area (Å²) in [6.07, 6.45) is 3.58. The zero-order valence-corrected chi connectivity index (χ0v) is 15.0. The van der Waals surface area contributed by atoms with Crippen LogP contribution in [0.3, 0.4) is 0 Å². The Hall–Kier alpha value is -0.910. The highest BCUT2D eigenvalue weighted by Gasteiger charge is 2.15. The van der Waals surface area contributed by atoms with E-state index in [1.54, 1.807) is 11.3 Å². The number of anilines is 1. The van der Waals surface area contributed by atoms with Gasteiger partial charge in [-0.2, -0.15) is 0 Å². The van der Waals surface area contributed by atoms with E-state index in [4.69, 9.17) is 4.98 Å². The van der Waals surface area contributed by atoms with Gasteiger partial charge in [0, 0.05) is 18.5 Å². The highest BCUT2D eigenvalue weighted by Crippen LogP contribution is 2.35. The monoisotopic (exact) mass is 323 g/mol. The van der Waals surface area contributed by atoms with E-state index < -0.39 is 0 Å². The predicted octanol–water partition coefficient (Wildman–Crippen LogP) is 4.71. The molecule has 0 atom stereocenters. The fourth-order valence-corrected chi connectivity index (χ4v) is 4.28. The van der Waals surface area contributed by atoms with E-state index in [9.17, 15) is 0 Å². The van der Waals surface area contributed by atoms with Crippen molar-refractivity contribution in [3.63, 3.8) is 0 Å². The summed E-state index contributed by atoms with van der Waals surface area (Å²) in [5, 5.41) is 6.45. The number of rotatable bonds is 8. The number of nitrogens with one attached hydrogen (secondary N) is 1. The van der Waals surface area contributed by atoms with Gasteiger partial charge in [0.1, 0.15) is 0 Å². The summed E-state index contributed by atoms with van der Waals surface area (Å²) in [7, 11) is 4.14. The first kappa shape index (κ1) is 16.5. The molecule has 1 N–H and O–H groups in total. The molecule has 0 aliphatic carbocycles. The number of aromatic nitrogens is 1. The summed E-state index contributed by atoms with van der Waals surface area (Å²) in [6, 6.07) is 2.29. The molecule has 0 aliphatic heterocycles. The molecule has 0 aliphatic rings. The van der Waals surface area contributed by atoms with Gasteiger partial charge in [0.15, 0.2) is 5.13 Å². The lowest BCUT2D eigenvalue weighted by Crippen LogP contribution is -2.18. The minimum Gasteiger partial charge on any atom is -0.365 e. The summed E-state index contributed by atoms with van der Waals surface area (Å²) < 4.78 is 0. The second-order valence-electron chi connectivity index (χ2n) is 5.30. The molecule has 0 radical (unpaired) electrons. The standard InChI is InChI=1S/C16H25N3S2/c1-5-7-8-19(4)10-14-15(18-16(17-3)21-14)13-9-12(6-2)11-20-13/h9,11H,5-8,10H2,1-4H3,(H,17,18). The van der Waals surface area contributed by atoms with Crippen molar-refractivity contribution >= 4 is 27.8 Å². The van der Waals surface area contributed by atoms with Crippen LogP contribution in [0.2, 0.25) is 0 Å². The Bertz CT molecular complexity index is 560. The van der Waals surface area contributed by atoms with Crippen LogP contribution in [0.15, 0.2) is 11.4 Å². The van der Waals surface area contributed by atoms with Crippen LogP contribution in [0.4, 0.5) is 5.13 Å². The number of aryl methyl sites for hydroxylation is 1. The maximum atomic E-state index is 4.77. The van der Waals surface area contributed by atoms with Gasteiger partial charge in [-0.25, -0.2) is 4.98 Å². The van der Waals surface area contributed by atoms with Crippen LogP contribution in [-0.2, 0) is 13.0 Å². The molecule has 0 bridgehead atoms. The minimum atomic E-state index is 0.980. The molecule has 5 heteroatoms. The molecule has 0 aromatic carbocycles. The number of hydrogen-bond acceptors (Lipinski definition) is 5. The lowest BCUT2D eigenvalue weighted by atomic mass is 10.2. The lowest BCUT2D eigenvalue weighted by Gasteiger charge is -2.15. The molecule has 3 nitrogen and oxygen atoms in total. The van der Waals surface area contributed by atoms with Crippen LogP contribution in [0.1, 0.15) is 37.1 Å². The summed E-state index contributed by atoms with van der Waals surface area (Å²) in [5.41, 5.74) is 2.57. The van der Waals surface area contributed by atoms with Gasteiger partial charge >= 0.3 is 0 Å². The Kier molecular flexibility index (Phi) is 6.21. The summed E-state index contributed by atoms with van der Waals surface area (Å²) >= 11 is 3.58. The fourth-order valence-electron chi connectivity index (χ4n) is 2.20. The van der Waals surface area contributed by atoms with E-state index in [1.165, 1.54) is 28.2 Å². The van der Waals surface area contributed by atoms with E-state index in [2.05, 4.69) is 42.6 Å². The van der Waals surface area contributed by atoms with Crippen molar-refractivity contribution in [1.82, 2.24) is 9.88 Å². The van der Waals surface area contributed by atoms with Gasteiger partial charge in [-0.05, 0) is 43.4 Å². The third-order valence-corrected chi connectivity index (χ3v) is 5.56. The van der Waals surface area contributed by atoms with Crippen LogP contribution in [0.5, 0.6) is 0 Å². The van der Waals surface area contributed by atoms with E-state index in [-0.39, 0.29) is 0 Å². The Morgan fingerprint density at radius 2 is 2.14 bits per heavy atom. The molecule has 2 aromatic heterocycles. The first-order valence-corrected chi connectivity index (χ1v) is 9.31. The molecule has 116 valence electrons. The third kappa shape index (κ3) is 4.28. The average Bonchev–Trinajstić information content (AvgIpc) is 3.11. The van der Waals surface area contributed by atoms with E-state index in [0.717, 1.165) is 30.3 Å². The van der Waals surface area contributed by atoms with Crippen molar-refractivity contribution in [2.24, 2.45) is 0 Å². The zero-order chi connectivity index (χ0) is 15.2. The molecule has 2 rings (SSSR count). The molecule has 21 heavy (non-hydrogen) atoms. The van der Waals surface area contributed by atoms with Crippen LogP contribution < -0.4 is 5.32 Å². The molecule has 0 amide bonds. The van der Waals surface area contributed by atoms with Gasteiger partial charge in [0.2, 0.25) is 0 Å². The van der Waals surface area contributed by atoms with Gasteiger partial charge < -0.3 is 10.2 Å². The molecule has 0 saturated carbocycles. The third-order valence-electron chi connectivity index (χ3n) is 3.51. The van der Waals surface area contributed by atoms with Gasteiger partial charge in [-0.15, -0.1) is 22.7 Å². The van der Waals surface area contributed by atoms with Crippen molar-refractivity contribution < 1.29 is 0 Å². The largest absolute Gasteiger partial charge is 0.365 e. The number of thiophene rings is 1. The Labute approximate surface area is 136 Å². The van der Waals surface area contributed by atoms with E-state index >= 15 is 0 Å². The summed E-state index contributed by atoms with van der Waals surface area (Å²) in [4.78, 5) is 9.83. The summed E-state index contributed by atoms with van der Waals surface area (Å²) in [6.45, 7) is 6.57. The van der Waals surface area contributed by atoms with Gasteiger partial charge in [-0.3, -0.25) is 0 Å². The maximum absolute atomic E-state index is 4.77. The predicted molar refractivity (Wildman–Crippen MR) is 95.6 cm³/mol. The lowest BCUT2D eigenvalue weighted by molar-refractivity contribution is 0.324. The van der Waals surface area contributed by atoms with Crippen LogP contribution in [-0.4, -0.2) is 30.5 Å². The second-order valence-corrected chi connectivity index (χ2v) is 7.30. The van der Waals surface area contributed by atoms with Crippen LogP contribution in [0.25, 0.3) is 10.6 Å². The van der Waals surface area contributed by atoms with Gasteiger partial charge in [0.05, 0.1) is 10.6 Å². The van der Waals surface area contributed by atoms with E-state index in [0.29, 0.717) is 0 Å². The first-order chi connectivity index (χ1) is 10.2. The molecular formula is C16H25N3S2. The molecular weight excluding hydrogens is 298 g/mol. The van der Waals surface area contributed by atoms with Gasteiger partial charge in [-0.1, -0.05) is 20.3 Å². The fraction of sp³-hybridized carbons (Fsp3) is 0.562. The highest BCUT2D eigenvalue weighted by atomic mass is 32.1. The quantitative estimate of drug-likeness (QED) is 0.762. The minimum absolute atomic E-state index is 0.980. The Morgan fingerprint density at radius 1 is 1.33 bits per heavy atom. The van der Waals surface area contributed by atoms with Crippen molar-refractivity contribution in [2.45, 2.75) is 39.7 Å². The molecule has 0 saturated heterocycles. The zero-order valence-electron chi connectivity index (χ0n) is 13.4. The van der Waals surface area contributed by atoms with Crippen molar-refractivity contribution in [3.05, 3.63) is 21.9 Å². The highest BCUT2D eigenvalue weighted by molar-refractivity contribution is 7.17. The summed E-state index contributed by atoms with van der Waals surface area (Å²) in [5.74, 6) is 0. The smallest absolute Gasteiger partial charge is 0.183 e. The number of hydrogen-bond donors (Lipinski definition) is 1. The van der Waals surface area contributed by atoms with Crippen LogP contribution in [0, 0.1) is 0 Å². The topological polar surface area (TPSA) is 28.2 Å². The van der Waals surface area contributed by atoms with Crippen molar-refractivity contribution in [1.29, 1.82) is 0 Å². The van der Waals surface area contributed by atoms with Crippen LogP contribution >= 0.6 is 22.7 Å². The van der Waals surface area contributed by atoms with E-state index in [1.807, 2.05) is 18.4 Å². The molecule has 0 fully saturated rings. The van der Waals surface area contributed by atoms with Crippen molar-refractivity contribution in [2.75, 3.05) is 26.0 Å². The Morgan fingerprint density at radius 3 is 2.76 bits per heavy atom. The Balaban J connectivity index is 2.21.